The van der Waals surface area contributed by atoms with Crippen molar-refractivity contribution in [2.24, 2.45) is 0 Å². The first kappa shape index (κ1) is 19.9. The van der Waals surface area contributed by atoms with E-state index < -0.39 is 17.9 Å². The van der Waals surface area contributed by atoms with E-state index in [1.807, 2.05) is 6.92 Å². The van der Waals surface area contributed by atoms with Crippen molar-refractivity contribution in [3.05, 3.63) is 46.9 Å². The van der Waals surface area contributed by atoms with Gasteiger partial charge in [-0.2, -0.15) is 9.97 Å². The highest BCUT2D eigenvalue weighted by Gasteiger charge is 2.25. The molecular weight excluding hydrogens is 376 g/mol. The summed E-state index contributed by atoms with van der Waals surface area (Å²) in [4.78, 5) is 40.7. The van der Waals surface area contributed by atoms with E-state index in [2.05, 4.69) is 24.7 Å². The number of hydrogen-bond acceptors (Lipinski definition) is 10. The number of aromatic nitrogens is 4. The lowest BCUT2D eigenvalue weighted by atomic mass is 9.93. The predicted molar refractivity (Wildman–Crippen MR) is 105 cm³/mol. The number of ether oxygens (including phenoxy) is 2. The Balaban J connectivity index is 2.00. The number of carbonyl (C=O) groups excluding carboxylic acids is 2. The highest BCUT2D eigenvalue weighted by Crippen LogP contribution is 2.28. The predicted octanol–water partition coefficient (Wildman–Crippen LogP) is 1.18. The summed E-state index contributed by atoms with van der Waals surface area (Å²) in [5, 5.41) is 0.578. The van der Waals surface area contributed by atoms with Gasteiger partial charge in [-0.05, 0) is 36.6 Å². The molecule has 0 fully saturated rings. The van der Waals surface area contributed by atoms with Crippen molar-refractivity contribution in [1.29, 1.82) is 0 Å². The molecule has 1 unspecified atom stereocenters. The van der Waals surface area contributed by atoms with Gasteiger partial charge in [-0.15, -0.1) is 0 Å². The van der Waals surface area contributed by atoms with Crippen LogP contribution in [0.5, 0.6) is 0 Å². The van der Waals surface area contributed by atoms with Crippen LogP contribution in [0.25, 0.3) is 11.0 Å². The van der Waals surface area contributed by atoms with Gasteiger partial charge in [0.05, 0.1) is 30.9 Å². The van der Waals surface area contributed by atoms with Crippen LogP contribution in [0, 0.1) is 6.92 Å². The van der Waals surface area contributed by atoms with Gasteiger partial charge in [0.2, 0.25) is 5.95 Å². The zero-order valence-corrected chi connectivity index (χ0v) is 16.2. The largest absolute Gasteiger partial charge is 0.468 e. The van der Waals surface area contributed by atoms with Crippen LogP contribution in [-0.2, 0) is 20.7 Å². The molecule has 0 bridgehead atoms. The Labute approximate surface area is 166 Å². The van der Waals surface area contributed by atoms with Gasteiger partial charge in [0.15, 0.2) is 5.65 Å². The van der Waals surface area contributed by atoms with E-state index in [9.17, 15) is 9.59 Å². The number of nitrogen functional groups attached to an aromatic ring is 2. The lowest BCUT2D eigenvalue weighted by molar-refractivity contribution is -0.142. The third-order valence-corrected chi connectivity index (χ3v) is 4.61. The average molecular weight is 396 g/mol. The molecule has 0 saturated carbocycles. The minimum absolute atomic E-state index is 0.0389. The molecule has 0 saturated heterocycles. The van der Waals surface area contributed by atoms with Crippen molar-refractivity contribution in [2.75, 3.05) is 25.7 Å². The summed E-state index contributed by atoms with van der Waals surface area (Å²) in [6.07, 6.45) is 3.23. The maximum atomic E-state index is 12.4. The number of fused-ring (bicyclic) bond motifs is 1. The van der Waals surface area contributed by atoms with E-state index in [0.717, 1.165) is 11.1 Å². The number of methoxy groups -OCH3 is 2. The molecule has 150 valence electrons. The molecule has 0 spiro atoms. The first-order valence-corrected chi connectivity index (χ1v) is 8.65. The van der Waals surface area contributed by atoms with E-state index >= 15 is 0 Å². The van der Waals surface area contributed by atoms with Crippen molar-refractivity contribution in [2.45, 2.75) is 19.3 Å². The van der Waals surface area contributed by atoms with Crippen LogP contribution in [0.4, 0.5) is 11.8 Å². The Morgan fingerprint density at radius 2 is 1.83 bits per heavy atom. The number of rotatable bonds is 5. The second kappa shape index (κ2) is 8.05. The van der Waals surface area contributed by atoms with Crippen LogP contribution in [0.1, 0.15) is 33.1 Å². The van der Waals surface area contributed by atoms with E-state index in [-0.39, 0.29) is 23.8 Å². The molecule has 1 atom stereocenters. The molecular formula is C19H20N6O4. The minimum Gasteiger partial charge on any atom is -0.468 e. The van der Waals surface area contributed by atoms with Crippen LogP contribution in [0.15, 0.2) is 24.5 Å². The Morgan fingerprint density at radius 3 is 2.45 bits per heavy atom. The Bertz CT molecular complexity index is 1080. The molecule has 0 radical (unpaired) electrons. The van der Waals surface area contributed by atoms with Crippen molar-refractivity contribution >= 4 is 34.7 Å². The quantitative estimate of drug-likeness (QED) is 0.600. The molecule has 3 rings (SSSR count). The number of pyridine rings is 2. The Kier molecular flexibility index (Phi) is 5.53. The molecule has 0 aliphatic rings. The molecule has 3 aromatic rings. The van der Waals surface area contributed by atoms with Crippen LogP contribution in [-0.4, -0.2) is 46.1 Å². The van der Waals surface area contributed by atoms with E-state index in [0.29, 0.717) is 16.7 Å². The third kappa shape index (κ3) is 3.91. The first-order chi connectivity index (χ1) is 13.8. The van der Waals surface area contributed by atoms with Gasteiger partial charge in [0.25, 0.3) is 0 Å². The lowest BCUT2D eigenvalue weighted by Crippen LogP contribution is -2.19. The minimum atomic E-state index is -0.708. The van der Waals surface area contributed by atoms with Crippen LogP contribution in [0.2, 0.25) is 0 Å². The van der Waals surface area contributed by atoms with Crippen LogP contribution >= 0.6 is 0 Å². The number of esters is 2. The topological polar surface area (TPSA) is 156 Å². The van der Waals surface area contributed by atoms with Crippen LogP contribution < -0.4 is 11.5 Å². The van der Waals surface area contributed by atoms with Gasteiger partial charge in [-0.3, -0.25) is 9.78 Å². The molecule has 0 aromatic carbocycles. The molecule has 10 heteroatoms. The number of aryl methyl sites for hydroxylation is 1. The van der Waals surface area contributed by atoms with Gasteiger partial charge in [0.1, 0.15) is 11.7 Å². The highest BCUT2D eigenvalue weighted by atomic mass is 16.5. The second-order valence-electron chi connectivity index (χ2n) is 6.32. The SMILES string of the molecule is COC(=O)c1ccc(C(Cc2cnc3nc(N)nc(N)c3c2C)C(=O)OC)nc1. The fourth-order valence-electron chi connectivity index (χ4n) is 3.06. The summed E-state index contributed by atoms with van der Waals surface area (Å²) < 4.78 is 9.61. The maximum Gasteiger partial charge on any atom is 0.339 e. The maximum absolute atomic E-state index is 12.4. The summed E-state index contributed by atoms with van der Waals surface area (Å²) >= 11 is 0. The Hall–Kier alpha value is -3.82. The van der Waals surface area contributed by atoms with Crippen molar-refractivity contribution in [1.82, 2.24) is 19.9 Å². The zero-order chi connectivity index (χ0) is 21.1. The summed E-state index contributed by atoms with van der Waals surface area (Å²) in [6, 6.07) is 3.14. The number of anilines is 2. The molecule has 0 aliphatic carbocycles. The third-order valence-electron chi connectivity index (χ3n) is 4.61. The number of nitrogens with zero attached hydrogens (tertiary/aromatic N) is 4. The monoisotopic (exact) mass is 396 g/mol. The van der Waals surface area contributed by atoms with Gasteiger partial charge >= 0.3 is 11.9 Å². The molecule has 0 amide bonds. The van der Waals surface area contributed by atoms with E-state index in [1.165, 1.54) is 20.4 Å². The normalized spacial score (nSPS) is 11.8. The summed E-state index contributed by atoms with van der Waals surface area (Å²) in [5.41, 5.74) is 14.3. The second-order valence-corrected chi connectivity index (χ2v) is 6.32. The first-order valence-electron chi connectivity index (χ1n) is 8.65. The van der Waals surface area contributed by atoms with Crippen LogP contribution in [0.3, 0.4) is 0 Å². The zero-order valence-electron chi connectivity index (χ0n) is 16.2. The molecule has 4 N–H and O–H groups in total. The van der Waals surface area contributed by atoms with Gasteiger partial charge in [-0.25, -0.2) is 9.78 Å². The molecule has 0 aliphatic heterocycles. The summed E-state index contributed by atoms with van der Waals surface area (Å²) in [7, 11) is 2.59. The average Bonchev–Trinajstić information content (AvgIpc) is 2.72. The molecule has 3 aromatic heterocycles. The fraction of sp³-hybridized carbons (Fsp3) is 0.263. The lowest BCUT2D eigenvalue weighted by Gasteiger charge is -2.17. The van der Waals surface area contributed by atoms with Gasteiger partial charge in [0, 0.05) is 12.4 Å². The summed E-state index contributed by atoms with van der Waals surface area (Å²) in [6.45, 7) is 1.84. The van der Waals surface area contributed by atoms with Crippen molar-refractivity contribution < 1.29 is 19.1 Å². The van der Waals surface area contributed by atoms with Crippen molar-refractivity contribution in [3.8, 4) is 0 Å². The van der Waals surface area contributed by atoms with E-state index in [4.69, 9.17) is 16.2 Å². The fourth-order valence-corrected chi connectivity index (χ4v) is 3.06. The smallest absolute Gasteiger partial charge is 0.339 e. The van der Waals surface area contributed by atoms with Gasteiger partial charge in [-0.1, -0.05) is 0 Å². The molecule has 10 nitrogen and oxygen atoms in total. The number of hydrogen-bond donors (Lipinski definition) is 2. The molecule has 29 heavy (non-hydrogen) atoms. The summed E-state index contributed by atoms with van der Waals surface area (Å²) in [5.74, 6) is -1.43. The number of nitrogens with two attached hydrogens (primary N) is 2. The number of carbonyl (C=O) groups is 2. The van der Waals surface area contributed by atoms with Gasteiger partial charge < -0.3 is 20.9 Å². The standard InChI is InChI=1S/C19H20N6O4/c1-9-11(8-23-16-14(9)15(20)24-19(21)25-16)6-12(18(27)29-3)13-5-4-10(7-22-13)17(26)28-2/h4-5,7-8,12H,6H2,1-3H3,(H4,20,21,23,24,25). The van der Waals surface area contributed by atoms with Crippen molar-refractivity contribution in [3.63, 3.8) is 0 Å². The molecule has 3 heterocycles. The van der Waals surface area contributed by atoms with E-state index in [1.54, 1.807) is 18.3 Å². The Morgan fingerprint density at radius 1 is 1.07 bits per heavy atom. The highest BCUT2D eigenvalue weighted by molar-refractivity contribution is 5.90.